The number of nitrogens with zero attached hydrogens (tertiary/aromatic N) is 2. The van der Waals surface area contributed by atoms with E-state index in [1.165, 1.54) is 28.8 Å². The molecule has 94 valence electrons. The molecule has 1 aliphatic heterocycles. The Hall–Kier alpha value is -0.980. The highest BCUT2D eigenvalue weighted by Crippen LogP contribution is 2.19. The summed E-state index contributed by atoms with van der Waals surface area (Å²) < 4.78 is 26.2. The van der Waals surface area contributed by atoms with Gasteiger partial charge in [0.05, 0.1) is 4.90 Å². The maximum Gasteiger partial charge on any atom is 0.243 e. The van der Waals surface area contributed by atoms with Crippen molar-refractivity contribution in [1.29, 1.82) is 0 Å². The molecule has 1 fully saturated rings. The topological polar surface area (TPSA) is 62.3 Å². The van der Waals surface area contributed by atoms with Crippen molar-refractivity contribution in [2.45, 2.75) is 24.3 Å². The van der Waals surface area contributed by atoms with Crippen molar-refractivity contribution in [1.82, 2.24) is 14.6 Å². The highest BCUT2D eigenvalue weighted by atomic mass is 32.2. The Balaban J connectivity index is 2.28. The van der Waals surface area contributed by atoms with Gasteiger partial charge in [-0.1, -0.05) is 0 Å². The summed E-state index contributed by atoms with van der Waals surface area (Å²) in [5.41, 5.74) is -0.182. The van der Waals surface area contributed by atoms with Crippen molar-refractivity contribution in [3.05, 3.63) is 24.5 Å². The van der Waals surface area contributed by atoms with Crippen molar-refractivity contribution >= 4 is 10.0 Å². The largest absolute Gasteiger partial charge is 0.309 e. The van der Waals surface area contributed by atoms with E-state index in [-0.39, 0.29) is 5.54 Å². The molecule has 1 N–H and O–H groups in total. The minimum atomic E-state index is -3.38. The fraction of sp³-hybridized carbons (Fsp3) is 0.545. The summed E-state index contributed by atoms with van der Waals surface area (Å²) in [6, 6.07) is 3.06. The lowest BCUT2D eigenvalue weighted by Crippen LogP contribution is -2.58. The molecule has 0 unspecified atom stereocenters. The Morgan fingerprint density at radius 2 is 2.00 bits per heavy atom. The Morgan fingerprint density at radius 1 is 1.35 bits per heavy atom. The van der Waals surface area contributed by atoms with Gasteiger partial charge >= 0.3 is 0 Å². The van der Waals surface area contributed by atoms with Crippen molar-refractivity contribution in [3.63, 3.8) is 0 Å². The van der Waals surface area contributed by atoms with Gasteiger partial charge in [-0.2, -0.15) is 4.31 Å². The number of piperazine rings is 1. The van der Waals surface area contributed by atoms with E-state index in [0.29, 0.717) is 24.5 Å². The van der Waals surface area contributed by atoms with Crippen LogP contribution in [0.1, 0.15) is 13.8 Å². The molecule has 0 aliphatic carbocycles. The van der Waals surface area contributed by atoms with Crippen LogP contribution >= 0.6 is 0 Å². The fourth-order valence-corrected chi connectivity index (χ4v) is 3.55. The molecule has 0 radical (unpaired) electrons. The molecule has 0 amide bonds. The molecule has 0 aromatic carbocycles. The van der Waals surface area contributed by atoms with Crippen LogP contribution in [-0.4, -0.2) is 42.9 Å². The van der Waals surface area contributed by atoms with Gasteiger partial charge in [0.2, 0.25) is 10.0 Å². The minimum Gasteiger partial charge on any atom is -0.309 e. The zero-order valence-corrected chi connectivity index (χ0v) is 10.9. The monoisotopic (exact) mass is 255 g/mol. The Morgan fingerprint density at radius 3 is 2.59 bits per heavy atom. The van der Waals surface area contributed by atoms with Crippen molar-refractivity contribution in [3.8, 4) is 0 Å². The molecule has 1 aliphatic rings. The second-order valence-electron chi connectivity index (χ2n) is 4.83. The fourth-order valence-electron chi connectivity index (χ4n) is 1.96. The lowest BCUT2D eigenvalue weighted by Gasteiger charge is -2.38. The van der Waals surface area contributed by atoms with E-state index in [1.807, 2.05) is 13.8 Å². The number of pyridine rings is 1. The van der Waals surface area contributed by atoms with E-state index < -0.39 is 10.0 Å². The van der Waals surface area contributed by atoms with Crippen LogP contribution < -0.4 is 5.32 Å². The smallest absolute Gasteiger partial charge is 0.243 e. The summed E-state index contributed by atoms with van der Waals surface area (Å²) in [5.74, 6) is 0. The quantitative estimate of drug-likeness (QED) is 0.833. The molecule has 6 heteroatoms. The van der Waals surface area contributed by atoms with E-state index >= 15 is 0 Å². The molecule has 0 atom stereocenters. The summed E-state index contributed by atoms with van der Waals surface area (Å²) in [6.45, 7) is 5.67. The third-order valence-corrected chi connectivity index (χ3v) is 4.68. The van der Waals surface area contributed by atoms with Crippen LogP contribution in [0.15, 0.2) is 29.4 Å². The van der Waals surface area contributed by atoms with Crippen LogP contribution in [0.2, 0.25) is 0 Å². The van der Waals surface area contributed by atoms with Crippen molar-refractivity contribution < 1.29 is 8.42 Å². The van der Waals surface area contributed by atoms with Crippen molar-refractivity contribution in [2.24, 2.45) is 0 Å². The normalized spacial score (nSPS) is 21.3. The lowest BCUT2D eigenvalue weighted by atomic mass is 10.0. The van der Waals surface area contributed by atoms with Crippen LogP contribution in [0.5, 0.6) is 0 Å². The number of hydrogen-bond acceptors (Lipinski definition) is 4. The molecular weight excluding hydrogens is 238 g/mol. The lowest BCUT2D eigenvalue weighted by molar-refractivity contribution is 0.233. The zero-order valence-electron chi connectivity index (χ0n) is 10.0. The highest BCUT2D eigenvalue weighted by molar-refractivity contribution is 7.89. The van der Waals surface area contributed by atoms with E-state index in [0.717, 1.165) is 0 Å². The SMILES string of the molecule is CC1(C)CN(S(=O)(=O)c2ccncc2)CCN1. The van der Waals surface area contributed by atoms with Crippen LogP contribution in [0, 0.1) is 0 Å². The number of aromatic nitrogens is 1. The molecule has 0 spiro atoms. The third-order valence-electron chi connectivity index (χ3n) is 2.82. The van der Waals surface area contributed by atoms with Gasteiger partial charge in [0.15, 0.2) is 0 Å². The number of sulfonamides is 1. The van der Waals surface area contributed by atoms with E-state index in [1.54, 1.807) is 0 Å². The molecule has 5 nitrogen and oxygen atoms in total. The molecular formula is C11H17N3O2S. The minimum absolute atomic E-state index is 0.182. The van der Waals surface area contributed by atoms with E-state index in [2.05, 4.69) is 10.3 Å². The third kappa shape index (κ3) is 2.65. The van der Waals surface area contributed by atoms with Gasteiger partial charge in [-0.3, -0.25) is 4.98 Å². The zero-order chi connectivity index (χ0) is 12.5. The second kappa shape index (κ2) is 4.36. The van der Waals surface area contributed by atoms with Gasteiger partial charge in [0.1, 0.15) is 0 Å². The van der Waals surface area contributed by atoms with Crippen LogP contribution in [0.4, 0.5) is 0 Å². The predicted octanol–water partition coefficient (Wildman–Crippen LogP) is 0.454. The Labute approximate surface area is 102 Å². The molecule has 0 bridgehead atoms. The maximum absolute atomic E-state index is 12.3. The maximum atomic E-state index is 12.3. The summed E-state index contributed by atoms with van der Waals surface area (Å²) in [7, 11) is -3.38. The van der Waals surface area contributed by atoms with Crippen LogP contribution in [0.25, 0.3) is 0 Å². The van der Waals surface area contributed by atoms with E-state index in [4.69, 9.17) is 0 Å². The summed E-state index contributed by atoms with van der Waals surface area (Å²) in [5, 5.41) is 3.29. The summed E-state index contributed by atoms with van der Waals surface area (Å²) in [6.07, 6.45) is 3.00. The molecule has 17 heavy (non-hydrogen) atoms. The molecule has 1 aromatic heterocycles. The standard InChI is InChI=1S/C11H17N3O2S/c1-11(2)9-14(8-7-13-11)17(15,16)10-3-5-12-6-4-10/h3-6,13H,7-9H2,1-2H3. The first kappa shape index (κ1) is 12.5. The molecule has 2 heterocycles. The van der Waals surface area contributed by atoms with Gasteiger partial charge in [-0.25, -0.2) is 8.42 Å². The molecule has 1 aromatic rings. The molecule has 2 rings (SSSR count). The molecule has 1 saturated heterocycles. The average Bonchev–Trinajstić information content (AvgIpc) is 2.29. The average molecular weight is 255 g/mol. The summed E-state index contributed by atoms with van der Waals surface area (Å²) >= 11 is 0. The van der Waals surface area contributed by atoms with E-state index in [9.17, 15) is 8.42 Å². The first-order chi connectivity index (χ1) is 7.92. The number of nitrogens with one attached hydrogen (secondary N) is 1. The Kier molecular flexibility index (Phi) is 3.20. The number of hydrogen-bond donors (Lipinski definition) is 1. The second-order valence-corrected chi connectivity index (χ2v) is 6.77. The van der Waals surface area contributed by atoms with Crippen LogP contribution in [-0.2, 0) is 10.0 Å². The van der Waals surface area contributed by atoms with Gasteiger partial charge in [-0.05, 0) is 26.0 Å². The van der Waals surface area contributed by atoms with Gasteiger partial charge in [0, 0.05) is 37.6 Å². The van der Waals surface area contributed by atoms with Gasteiger partial charge in [0.25, 0.3) is 0 Å². The van der Waals surface area contributed by atoms with Crippen LogP contribution in [0.3, 0.4) is 0 Å². The highest BCUT2D eigenvalue weighted by Gasteiger charge is 2.33. The Bertz CT molecular complexity index is 485. The predicted molar refractivity (Wildman–Crippen MR) is 65.1 cm³/mol. The van der Waals surface area contributed by atoms with Crippen molar-refractivity contribution in [2.75, 3.05) is 19.6 Å². The first-order valence-electron chi connectivity index (χ1n) is 5.57. The molecule has 0 saturated carbocycles. The van der Waals surface area contributed by atoms with Gasteiger partial charge < -0.3 is 5.32 Å². The van der Waals surface area contributed by atoms with Gasteiger partial charge in [-0.15, -0.1) is 0 Å². The first-order valence-corrected chi connectivity index (χ1v) is 7.01. The number of rotatable bonds is 2. The summed E-state index contributed by atoms with van der Waals surface area (Å²) in [4.78, 5) is 4.15.